The van der Waals surface area contributed by atoms with Crippen molar-refractivity contribution in [1.82, 2.24) is 9.34 Å². The van der Waals surface area contributed by atoms with Crippen molar-refractivity contribution < 1.29 is 18.9 Å². The number of carbonyl (C=O) groups is 2. The number of carbonyl (C=O) groups excluding carboxylic acids is 2. The maximum Gasteiger partial charge on any atom is 0.417 e. The van der Waals surface area contributed by atoms with Crippen LogP contribution in [0.4, 0.5) is 4.79 Å². The van der Waals surface area contributed by atoms with Crippen LogP contribution in [0.3, 0.4) is 0 Å². The first kappa shape index (κ1) is 19.6. The fourth-order valence-electron chi connectivity index (χ4n) is 1.64. The molecule has 1 aromatic rings. The highest BCUT2D eigenvalue weighted by atomic mass is 32.7. The fourth-order valence-corrected chi connectivity index (χ4v) is 6.40. The average Bonchev–Trinajstić information content (AvgIpc) is 2.58. The molecule has 0 spiro atoms. The number of hydrogen-bond acceptors (Lipinski definition) is 5. The van der Waals surface area contributed by atoms with Gasteiger partial charge in [0.1, 0.15) is 6.61 Å². The van der Waals surface area contributed by atoms with Crippen molar-refractivity contribution in [3.8, 4) is 0 Å². The van der Waals surface area contributed by atoms with Crippen LogP contribution in [0.5, 0.6) is 0 Å². The molecule has 1 rings (SSSR count). The minimum Gasteiger partial charge on any atom is -0.444 e. The molecule has 0 N–H and O–H groups in total. The molecule has 0 fully saturated rings. The maximum absolute atomic E-state index is 13.1. The van der Waals surface area contributed by atoms with E-state index in [0.717, 1.165) is 32.7 Å². The van der Waals surface area contributed by atoms with E-state index in [-0.39, 0.29) is 11.9 Å². The number of ether oxygens (including phenoxy) is 1. The van der Waals surface area contributed by atoms with Gasteiger partial charge in [0.2, 0.25) is 6.41 Å². The Kier molecular flexibility index (Phi) is 7.65. The van der Waals surface area contributed by atoms with Crippen LogP contribution in [0, 0.1) is 0 Å². The summed E-state index contributed by atoms with van der Waals surface area (Å²) in [6.45, 7) is 0.532. The zero-order chi connectivity index (χ0) is 17.5. The normalized spacial score (nSPS) is 14.4. The molecule has 128 valence electrons. The Balaban J connectivity index is 2.82. The van der Waals surface area contributed by atoms with Crippen molar-refractivity contribution in [2.45, 2.75) is 32.1 Å². The van der Waals surface area contributed by atoms with Crippen molar-refractivity contribution in [2.24, 2.45) is 0 Å². The van der Waals surface area contributed by atoms with Crippen molar-refractivity contribution >= 4 is 30.5 Å². The Morgan fingerprint density at radius 1 is 1.35 bits per heavy atom. The summed E-state index contributed by atoms with van der Waals surface area (Å²) in [5.41, 5.74) is 0.836. The molecule has 0 aliphatic carbocycles. The number of rotatable bonds is 8. The third-order valence-corrected chi connectivity index (χ3v) is 9.48. The monoisotopic (exact) mass is 358 g/mol. The van der Waals surface area contributed by atoms with Gasteiger partial charge in [-0.3, -0.25) is 14.0 Å². The van der Waals surface area contributed by atoms with Crippen LogP contribution in [0.25, 0.3) is 0 Å². The van der Waals surface area contributed by atoms with E-state index >= 15 is 0 Å². The lowest BCUT2D eigenvalue weighted by Gasteiger charge is -2.32. The molecule has 2 amide bonds. The second-order valence-corrected chi connectivity index (χ2v) is 10.3. The number of nitrogens with zero attached hydrogens (tertiary/aromatic N) is 2. The Hall–Kier alpha value is -1.46. The van der Waals surface area contributed by atoms with E-state index in [4.69, 9.17) is 4.74 Å². The van der Waals surface area contributed by atoms with Gasteiger partial charge >= 0.3 is 12.7 Å². The molecular formula is C15H23N2O4PS. The highest BCUT2D eigenvalue weighted by Crippen LogP contribution is 2.64. The second-order valence-electron chi connectivity index (χ2n) is 5.06. The summed E-state index contributed by atoms with van der Waals surface area (Å²) >= 11 is 1.11. The molecule has 23 heavy (non-hydrogen) atoms. The van der Waals surface area contributed by atoms with Gasteiger partial charge in [-0.1, -0.05) is 55.6 Å². The fraction of sp³-hybridized carbons (Fsp3) is 0.467. The molecule has 1 aromatic carbocycles. The number of amides is 2. The van der Waals surface area contributed by atoms with Crippen molar-refractivity contribution in [2.75, 3.05) is 14.1 Å². The second kappa shape index (κ2) is 8.99. The molecule has 6 nitrogen and oxygen atoms in total. The lowest BCUT2D eigenvalue weighted by molar-refractivity contribution is -0.113. The van der Waals surface area contributed by atoms with E-state index in [0.29, 0.717) is 6.41 Å². The highest BCUT2D eigenvalue weighted by Gasteiger charge is 2.38. The van der Waals surface area contributed by atoms with Crippen LogP contribution >= 0.6 is 18.0 Å². The zero-order valence-electron chi connectivity index (χ0n) is 13.8. The van der Waals surface area contributed by atoms with E-state index < -0.39 is 12.7 Å². The van der Waals surface area contributed by atoms with Gasteiger partial charge in [0.05, 0.1) is 0 Å². The SMILES string of the molecule is CCC(C)SP(=O)(N(C)C=O)N(C)C(=O)OCc1ccccc1. The molecular weight excluding hydrogens is 335 g/mol. The largest absolute Gasteiger partial charge is 0.444 e. The van der Waals surface area contributed by atoms with Gasteiger partial charge in [-0.25, -0.2) is 9.46 Å². The number of hydrogen-bond donors (Lipinski definition) is 0. The quantitative estimate of drug-likeness (QED) is 0.519. The first-order valence-corrected chi connectivity index (χ1v) is 10.4. The molecule has 0 saturated carbocycles. The van der Waals surface area contributed by atoms with Gasteiger partial charge in [-0.2, -0.15) is 0 Å². The standard InChI is InChI=1S/C15H23N2O4PS/c1-5-13(2)23-22(20,16(3)12-18)17(4)15(19)21-11-14-9-7-6-8-10-14/h6-10,12-13H,5,11H2,1-4H3. The Morgan fingerprint density at radius 2 is 1.96 bits per heavy atom. The Morgan fingerprint density at radius 3 is 2.48 bits per heavy atom. The van der Waals surface area contributed by atoms with E-state index in [9.17, 15) is 14.2 Å². The molecule has 2 unspecified atom stereocenters. The predicted octanol–water partition coefficient (Wildman–Crippen LogP) is 3.98. The summed E-state index contributed by atoms with van der Waals surface area (Å²) in [6, 6.07) is 9.22. The van der Waals surface area contributed by atoms with E-state index in [2.05, 4.69) is 0 Å². The van der Waals surface area contributed by atoms with Crippen LogP contribution in [0.2, 0.25) is 0 Å². The lowest BCUT2D eigenvalue weighted by Crippen LogP contribution is -2.30. The molecule has 2 atom stereocenters. The summed E-state index contributed by atoms with van der Waals surface area (Å²) in [7, 11) is 2.80. The van der Waals surface area contributed by atoms with E-state index in [1.54, 1.807) is 0 Å². The molecule has 0 aliphatic heterocycles. The zero-order valence-corrected chi connectivity index (χ0v) is 15.5. The van der Waals surface area contributed by atoms with Crippen LogP contribution in [-0.2, 0) is 20.7 Å². The molecule has 0 bridgehead atoms. The van der Waals surface area contributed by atoms with E-state index in [1.165, 1.54) is 14.1 Å². The van der Waals surface area contributed by atoms with Gasteiger partial charge in [0.15, 0.2) is 0 Å². The third kappa shape index (κ3) is 5.29. The smallest absolute Gasteiger partial charge is 0.417 e. The topological polar surface area (TPSA) is 66.9 Å². The third-order valence-electron chi connectivity index (χ3n) is 3.29. The van der Waals surface area contributed by atoms with Gasteiger partial charge in [0, 0.05) is 19.3 Å². The van der Waals surface area contributed by atoms with Crippen LogP contribution in [0.1, 0.15) is 25.8 Å². The van der Waals surface area contributed by atoms with Crippen LogP contribution < -0.4 is 0 Å². The minimum atomic E-state index is -3.41. The molecule has 0 radical (unpaired) electrons. The molecule has 0 aliphatic rings. The molecule has 0 aromatic heterocycles. The summed E-state index contributed by atoms with van der Waals surface area (Å²) < 4.78 is 20.4. The predicted molar refractivity (Wildman–Crippen MR) is 93.2 cm³/mol. The average molecular weight is 358 g/mol. The highest BCUT2D eigenvalue weighted by molar-refractivity contribution is 8.57. The lowest BCUT2D eigenvalue weighted by atomic mass is 10.2. The van der Waals surface area contributed by atoms with E-state index in [1.807, 2.05) is 44.2 Å². The summed E-state index contributed by atoms with van der Waals surface area (Å²) in [5, 5.41) is 0.0348. The van der Waals surface area contributed by atoms with Crippen LogP contribution in [-0.4, -0.2) is 41.2 Å². The van der Waals surface area contributed by atoms with Crippen molar-refractivity contribution in [3.05, 3.63) is 35.9 Å². The van der Waals surface area contributed by atoms with Crippen LogP contribution in [0.15, 0.2) is 30.3 Å². The first-order valence-electron chi connectivity index (χ1n) is 7.27. The molecule has 0 heterocycles. The maximum atomic E-state index is 13.1. The summed E-state index contributed by atoms with van der Waals surface area (Å²) in [4.78, 5) is 23.3. The summed E-state index contributed by atoms with van der Waals surface area (Å²) in [5.74, 6) is 0. The van der Waals surface area contributed by atoms with Gasteiger partial charge < -0.3 is 4.74 Å². The molecule has 8 heteroatoms. The Bertz CT molecular complexity index is 570. The summed E-state index contributed by atoms with van der Waals surface area (Å²) in [6.07, 6.45) is 0.521. The van der Waals surface area contributed by atoms with Gasteiger partial charge in [0.25, 0.3) is 0 Å². The minimum absolute atomic E-state index is 0.0348. The first-order chi connectivity index (χ1) is 10.8. The van der Waals surface area contributed by atoms with Gasteiger partial charge in [-0.15, -0.1) is 0 Å². The van der Waals surface area contributed by atoms with Gasteiger partial charge in [-0.05, 0) is 12.0 Å². The number of benzene rings is 1. The van der Waals surface area contributed by atoms with Crippen molar-refractivity contribution in [3.63, 3.8) is 0 Å². The molecule has 0 saturated heterocycles. The van der Waals surface area contributed by atoms with Crippen molar-refractivity contribution in [1.29, 1.82) is 0 Å². The Labute approximate surface area is 141 Å².